The predicted octanol–water partition coefficient (Wildman–Crippen LogP) is 1.84. The maximum atomic E-state index is 5.73. The first-order chi connectivity index (χ1) is 7.83. The third kappa shape index (κ3) is 5.36. The maximum Gasteiger partial charge on any atom is 0.193 e. The van der Waals surface area contributed by atoms with Crippen LogP contribution in [0.3, 0.4) is 0 Å². The second kappa shape index (κ2) is 7.70. The first kappa shape index (κ1) is 12.5. The Bertz CT molecular complexity index is 311. The number of para-hydroxylation sites is 1. The molecule has 0 spiro atoms. The van der Waals surface area contributed by atoms with E-state index in [0.717, 1.165) is 31.7 Å². The van der Waals surface area contributed by atoms with Crippen LogP contribution in [-0.4, -0.2) is 26.2 Å². The van der Waals surface area contributed by atoms with Crippen LogP contribution in [0.2, 0.25) is 0 Å². The van der Waals surface area contributed by atoms with Gasteiger partial charge in [0.15, 0.2) is 5.96 Å². The molecule has 0 aliphatic heterocycles. The molecule has 3 N–H and O–H groups in total. The standard InChI is InChI=1S/C12H19N3O/c1-16-10-6-5-9-14-12(13)15-11-7-3-2-4-8-11/h2-4,7-8H,5-6,9-10H2,1H3,(H3,13,14,15). The van der Waals surface area contributed by atoms with Crippen LogP contribution in [0.25, 0.3) is 0 Å². The SMILES string of the molecule is COCCCCN=C(N)Nc1ccccc1. The Hall–Kier alpha value is -1.55. The zero-order chi connectivity index (χ0) is 11.6. The molecule has 88 valence electrons. The van der Waals surface area contributed by atoms with Gasteiger partial charge in [-0.25, -0.2) is 0 Å². The highest BCUT2D eigenvalue weighted by molar-refractivity contribution is 5.92. The summed E-state index contributed by atoms with van der Waals surface area (Å²) in [5.41, 5.74) is 6.69. The molecule has 0 heterocycles. The summed E-state index contributed by atoms with van der Waals surface area (Å²) in [6, 6.07) is 9.77. The fourth-order valence-corrected chi connectivity index (χ4v) is 1.27. The molecule has 1 rings (SSSR count). The van der Waals surface area contributed by atoms with Crippen molar-refractivity contribution >= 4 is 11.6 Å². The van der Waals surface area contributed by atoms with Gasteiger partial charge in [0.25, 0.3) is 0 Å². The van der Waals surface area contributed by atoms with Gasteiger partial charge in [-0.1, -0.05) is 18.2 Å². The number of nitrogens with one attached hydrogen (secondary N) is 1. The summed E-state index contributed by atoms with van der Waals surface area (Å²) in [6.45, 7) is 1.51. The van der Waals surface area contributed by atoms with E-state index in [2.05, 4.69) is 10.3 Å². The van der Waals surface area contributed by atoms with Crippen LogP contribution < -0.4 is 11.1 Å². The summed E-state index contributed by atoms with van der Waals surface area (Å²) in [5.74, 6) is 0.462. The zero-order valence-corrected chi connectivity index (χ0v) is 9.65. The van der Waals surface area contributed by atoms with Crippen LogP contribution >= 0.6 is 0 Å². The number of anilines is 1. The van der Waals surface area contributed by atoms with E-state index in [1.54, 1.807) is 7.11 Å². The number of nitrogens with zero attached hydrogens (tertiary/aromatic N) is 1. The van der Waals surface area contributed by atoms with Crippen LogP contribution in [0.1, 0.15) is 12.8 Å². The van der Waals surface area contributed by atoms with E-state index in [1.807, 2.05) is 30.3 Å². The van der Waals surface area contributed by atoms with Gasteiger partial charge in [-0.05, 0) is 25.0 Å². The van der Waals surface area contributed by atoms with Gasteiger partial charge in [-0.2, -0.15) is 0 Å². The van der Waals surface area contributed by atoms with Gasteiger partial charge in [-0.3, -0.25) is 4.99 Å². The molecule has 0 fully saturated rings. The number of guanidine groups is 1. The van der Waals surface area contributed by atoms with Gasteiger partial charge in [0, 0.05) is 25.9 Å². The smallest absolute Gasteiger partial charge is 0.193 e. The van der Waals surface area contributed by atoms with E-state index in [-0.39, 0.29) is 0 Å². The van der Waals surface area contributed by atoms with Gasteiger partial charge in [-0.15, -0.1) is 0 Å². The van der Waals surface area contributed by atoms with Crippen molar-refractivity contribution in [3.8, 4) is 0 Å². The number of ether oxygens (including phenoxy) is 1. The number of aliphatic imine (C=N–C) groups is 1. The Morgan fingerprint density at radius 1 is 1.31 bits per heavy atom. The molecule has 0 bridgehead atoms. The molecule has 0 aromatic heterocycles. The zero-order valence-electron chi connectivity index (χ0n) is 9.65. The van der Waals surface area contributed by atoms with Crippen molar-refractivity contribution in [1.82, 2.24) is 0 Å². The number of hydrogen-bond acceptors (Lipinski definition) is 2. The van der Waals surface area contributed by atoms with Gasteiger partial charge in [0.2, 0.25) is 0 Å². The monoisotopic (exact) mass is 221 g/mol. The Morgan fingerprint density at radius 2 is 2.06 bits per heavy atom. The average Bonchev–Trinajstić information content (AvgIpc) is 2.30. The van der Waals surface area contributed by atoms with Crippen LogP contribution in [0.5, 0.6) is 0 Å². The molecule has 0 amide bonds. The molecule has 0 aliphatic carbocycles. The third-order valence-electron chi connectivity index (χ3n) is 2.08. The number of unbranched alkanes of at least 4 members (excludes halogenated alkanes) is 1. The van der Waals surface area contributed by atoms with E-state index in [4.69, 9.17) is 10.5 Å². The van der Waals surface area contributed by atoms with Crippen molar-refractivity contribution in [1.29, 1.82) is 0 Å². The molecule has 4 nitrogen and oxygen atoms in total. The number of methoxy groups -OCH3 is 1. The van der Waals surface area contributed by atoms with Crippen LogP contribution in [-0.2, 0) is 4.74 Å². The molecule has 0 aliphatic rings. The first-order valence-corrected chi connectivity index (χ1v) is 5.44. The molecule has 0 atom stereocenters. The second-order valence-electron chi connectivity index (χ2n) is 3.46. The summed E-state index contributed by atoms with van der Waals surface area (Å²) >= 11 is 0. The van der Waals surface area contributed by atoms with Gasteiger partial charge in [0.05, 0.1) is 0 Å². The van der Waals surface area contributed by atoms with Crippen LogP contribution in [0.4, 0.5) is 5.69 Å². The lowest BCUT2D eigenvalue weighted by Crippen LogP contribution is -2.22. The van der Waals surface area contributed by atoms with Crippen molar-refractivity contribution in [3.63, 3.8) is 0 Å². The molecule has 0 unspecified atom stereocenters. The quantitative estimate of drug-likeness (QED) is 0.438. The fraction of sp³-hybridized carbons (Fsp3) is 0.417. The molecule has 1 aromatic carbocycles. The van der Waals surface area contributed by atoms with Crippen molar-refractivity contribution in [2.75, 3.05) is 25.6 Å². The Kier molecular flexibility index (Phi) is 6.03. The fourth-order valence-electron chi connectivity index (χ4n) is 1.27. The lowest BCUT2D eigenvalue weighted by molar-refractivity contribution is 0.193. The Labute approximate surface area is 96.5 Å². The lowest BCUT2D eigenvalue weighted by Gasteiger charge is -2.04. The highest BCUT2D eigenvalue weighted by Gasteiger charge is 1.93. The Balaban J connectivity index is 2.24. The van der Waals surface area contributed by atoms with Crippen molar-refractivity contribution in [2.45, 2.75) is 12.8 Å². The van der Waals surface area contributed by atoms with E-state index >= 15 is 0 Å². The van der Waals surface area contributed by atoms with E-state index in [1.165, 1.54) is 0 Å². The van der Waals surface area contributed by atoms with Crippen molar-refractivity contribution in [2.24, 2.45) is 10.7 Å². The van der Waals surface area contributed by atoms with Crippen LogP contribution in [0.15, 0.2) is 35.3 Å². The second-order valence-corrected chi connectivity index (χ2v) is 3.46. The largest absolute Gasteiger partial charge is 0.385 e. The molecule has 0 saturated carbocycles. The Morgan fingerprint density at radius 3 is 2.75 bits per heavy atom. The summed E-state index contributed by atoms with van der Waals surface area (Å²) in [5, 5.41) is 3.03. The van der Waals surface area contributed by atoms with E-state index in [0.29, 0.717) is 5.96 Å². The normalized spacial score (nSPS) is 11.4. The summed E-state index contributed by atoms with van der Waals surface area (Å²) in [6.07, 6.45) is 2.00. The lowest BCUT2D eigenvalue weighted by atomic mass is 10.3. The van der Waals surface area contributed by atoms with Gasteiger partial charge >= 0.3 is 0 Å². The number of rotatable bonds is 6. The molecule has 16 heavy (non-hydrogen) atoms. The number of benzene rings is 1. The molecular weight excluding hydrogens is 202 g/mol. The molecular formula is C12H19N3O. The number of nitrogens with two attached hydrogens (primary N) is 1. The highest BCUT2D eigenvalue weighted by Crippen LogP contribution is 2.03. The minimum atomic E-state index is 0.462. The van der Waals surface area contributed by atoms with Crippen LogP contribution in [0, 0.1) is 0 Å². The molecule has 4 heteroatoms. The van der Waals surface area contributed by atoms with Gasteiger partial charge in [0.1, 0.15) is 0 Å². The highest BCUT2D eigenvalue weighted by atomic mass is 16.5. The third-order valence-corrected chi connectivity index (χ3v) is 2.08. The summed E-state index contributed by atoms with van der Waals surface area (Å²) < 4.78 is 4.95. The van der Waals surface area contributed by atoms with Gasteiger partial charge < -0.3 is 15.8 Å². The van der Waals surface area contributed by atoms with E-state index in [9.17, 15) is 0 Å². The topological polar surface area (TPSA) is 59.6 Å². The molecule has 0 radical (unpaired) electrons. The minimum absolute atomic E-state index is 0.462. The molecule has 1 aromatic rings. The predicted molar refractivity (Wildman–Crippen MR) is 67.7 cm³/mol. The summed E-state index contributed by atoms with van der Waals surface area (Å²) in [7, 11) is 1.70. The maximum absolute atomic E-state index is 5.73. The van der Waals surface area contributed by atoms with E-state index < -0.39 is 0 Å². The number of hydrogen-bond donors (Lipinski definition) is 2. The summed E-state index contributed by atoms with van der Waals surface area (Å²) in [4.78, 5) is 4.22. The van der Waals surface area contributed by atoms with Crippen molar-refractivity contribution in [3.05, 3.63) is 30.3 Å². The average molecular weight is 221 g/mol. The van der Waals surface area contributed by atoms with Crippen molar-refractivity contribution < 1.29 is 4.74 Å². The minimum Gasteiger partial charge on any atom is -0.385 e. The molecule has 0 saturated heterocycles. The first-order valence-electron chi connectivity index (χ1n) is 5.44.